The Bertz CT molecular complexity index is 966. The predicted octanol–water partition coefficient (Wildman–Crippen LogP) is 9.26. The monoisotopic (exact) mass is 560 g/mol. The van der Waals surface area contributed by atoms with E-state index in [0.717, 1.165) is 19.3 Å². The molecule has 218 valence electrons. The summed E-state index contributed by atoms with van der Waals surface area (Å²) >= 11 is 0. The lowest BCUT2D eigenvalue weighted by atomic mass is 9.49. The number of hydrogen-bond acceptors (Lipinski definition) is 3. The number of aliphatic hydroxyl groups excluding tert-OH is 1. The van der Waals surface area contributed by atoms with Crippen molar-refractivity contribution in [3.63, 3.8) is 0 Å². The summed E-state index contributed by atoms with van der Waals surface area (Å²) in [6.45, 7) is 30.9. The van der Waals surface area contributed by atoms with E-state index < -0.39 is 16.6 Å². The highest BCUT2D eigenvalue weighted by atomic mass is 28.4. The minimum atomic E-state index is -1.99. The van der Waals surface area contributed by atoms with Crippen LogP contribution in [-0.2, 0) is 8.85 Å². The Kier molecular flexibility index (Phi) is 7.83. The zero-order valence-electron chi connectivity index (χ0n) is 27.1. The summed E-state index contributed by atoms with van der Waals surface area (Å²) in [5, 5.41) is 11.0. The zero-order valence-corrected chi connectivity index (χ0v) is 29.1. The van der Waals surface area contributed by atoms with E-state index in [0.29, 0.717) is 17.8 Å². The Morgan fingerprint density at radius 3 is 2.00 bits per heavy atom. The lowest BCUT2D eigenvalue weighted by molar-refractivity contribution is -0.0490. The second kappa shape index (κ2) is 9.68. The van der Waals surface area contributed by atoms with Gasteiger partial charge in [0.05, 0.1) is 18.3 Å². The van der Waals surface area contributed by atoms with Crippen molar-refractivity contribution in [1.82, 2.24) is 0 Å². The van der Waals surface area contributed by atoms with E-state index in [9.17, 15) is 5.11 Å². The van der Waals surface area contributed by atoms with Gasteiger partial charge in [0.25, 0.3) is 0 Å². The fourth-order valence-electron chi connectivity index (χ4n) is 8.22. The van der Waals surface area contributed by atoms with Gasteiger partial charge >= 0.3 is 0 Å². The number of hydrogen-bond donors (Lipinski definition) is 1. The van der Waals surface area contributed by atoms with Crippen LogP contribution in [0.2, 0.25) is 36.3 Å². The van der Waals surface area contributed by atoms with E-state index in [1.807, 2.05) is 6.92 Å². The average molecular weight is 561 g/mol. The molecule has 0 aromatic rings. The zero-order chi connectivity index (χ0) is 28.7. The molecule has 0 bridgehead atoms. The highest BCUT2D eigenvalue weighted by Crippen LogP contribution is 2.66. The molecule has 0 amide bonds. The van der Waals surface area contributed by atoms with Crippen molar-refractivity contribution in [3.8, 4) is 0 Å². The van der Waals surface area contributed by atoms with Crippen LogP contribution in [0.25, 0.3) is 0 Å². The summed E-state index contributed by atoms with van der Waals surface area (Å²) < 4.78 is 14.6. The third-order valence-electron chi connectivity index (χ3n) is 12.8. The van der Waals surface area contributed by atoms with Crippen LogP contribution in [0.5, 0.6) is 0 Å². The minimum Gasteiger partial charge on any atom is -0.414 e. The number of allylic oxidation sites excluding steroid dienone is 3. The smallest absolute Gasteiger partial charge is 0.192 e. The maximum atomic E-state index is 10.7. The predicted molar refractivity (Wildman–Crippen MR) is 166 cm³/mol. The molecule has 3 saturated carbocycles. The lowest BCUT2D eigenvalue weighted by Gasteiger charge is -2.59. The van der Waals surface area contributed by atoms with Crippen LogP contribution in [0.15, 0.2) is 23.3 Å². The Morgan fingerprint density at radius 2 is 1.45 bits per heavy atom. The number of rotatable bonds is 5. The van der Waals surface area contributed by atoms with Crippen LogP contribution >= 0.6 is 0 Å². The third kappa shape index (κ3) is 4.93. The van der Waals surface area contributed by atoms with Gasteiger partial charge in [-0.1, -0.05) is 78.7 Å². The minimum absolute atomic E-state index is 0.0249. The van der Waals surface area contributed by atoms with Crippen molar-refractivity contribution in [1.29, 1.82) is 0 Å². The maximum absolute atomic E-state index is 10.7. The number of aliphatic hydroxyl groups is 1. The Hall–Kier alpha value is -0.206. The summed E-state index contributed by atoms with van der Waals surface area (Å²) in [5.74, 6) is 1.54. The molecular weight excluding hydrogens is 501 g/mol. The van der Waals surface area contributed by atoms with Crippen LogP contribution in [-0.4, -0.2) is 40.1 Å². The largest absolute Gasteiger partial charge is 0.414 e. The van der Waals surface area contributed by atoms with Crippen molar-refractivity contribution in [2.45, 2.75) is 155 Å². The van der Waals surface area contributed by atoms with Gasteiger partial charge in [-0.05, 0) is 105 Å². The average Bonchev–Trinajstić information content (AvgIpc) is 3.10. The highest BCUT2D eigenvalue weighted by Gasteiger charge is 2.60. The third-order valence-corrected chi connectivity index (χ3v) is 21.8. The lowest BCUT2D eigenvalue weighted by Crippen LogP contribution is -2.58. The molecular formula is C33H60O3Si2. The van der Waals surface area contributed by atoms with Gasteiger partial charge in [-0.15, -0.1) is 0 Å². The molecule has 3 nitrogen and oxygen atoms in total. The van der Waals surface area contributed by atoms with E-state index in [-0.39, 0.29) is 39.2 Å². The normalized spacial score (nSPS) is 39.1. The van der Waals surface area contributed by atoms with Gasteiger partial charge < -0.3 is 14.0 Å². The van der Waals surface area contributed by atoms with Crippen LogP contribution < -0.4 is 0 Å². The van der Waals surface area contributed by atoms with E-state index in [1.165, 1.54) is 19.3 Å². The first-order valence-electron chi connectivity index (χ1n) is 15.6. The first kappa shape index (κ1) is 30.7. The highest BCUT2D eigenvalue weighted by molar-refractivity contribution is 6.74. The standard InChI is InChI=1S/C33H60O3Si2/c1-22(34)26-16-17-27-25-15-14-23-20-24(35-37(10,11)30(2,3)4)21-29(36-38(12,13)31(5,6)7)33(23,9)28(25)18-19-32(26,27)8/h14-15,22,24,26-29,34H,16-21H2,1-13H3/t22-,24-,26-,27+,28+,29+,32-,33+/m1/s1. The van der Waals surface area contributed by atoms with Gasteiger partial charge in [-0.3, -0.25) is 0 Å². The number of fused-ring (bicyclic) bond motifs is 5. The molecule has 0 spiro atoms. The maximum Gasteiger partial charge on any atom is 0.192 e. The van der Waals surface area contributed by atoms with Gasteiger partial charge in [-0.2, -0.15) is 0 Å². The molecule has 8 atom stereocenters. The van der Waals surface area contributed by atoms with Gasteiger partial charge in [0.2, 0.25) is 0 Å². The van der Waals surface area contributed by atoms with Crippen molar-refractivity contribution in [2.24, 2.45) is 28.6 Å². The van der Waals surface area contributed by atoms with E-state index in [4.69, 9.17) is 8.85 Å². The molecule has 5 heteroatoms. The van der Waals surface area contributed by atoms with Gasteiger partial charge in [0.1, 0.15) is 0 Å². The SMILES string of the molecule is C[C@@H](O)[C@H]1CC[C@H]2C3=CC=C4C[C@@H](O[Si](C)(C)C(C)(C)C)C[C@H](O[Si](C)(C)C(C)(C)C)[C@]4(C)[C@H]3CC[C@]12C. The van der Waals surface area contributed by atoms with Crippen molar-refractivity contribution < 1.29 is 14.0 Å². The molecule has 0 radical (unpaired) electrons. The van der Waals surface area contributed by atoms with Crippen molar-refractivity contribution in [2.75, 3.05) is 0 Å². The van der Waals surface area contributed by atoms with E-state index in [1.54, 1.807) is 11.1 Å². The molecule has 1 N–H and O–H groups in total. The summed E-state index contributed by atoms with van der Waals surface area (Å²) in [6.07, 6.45) is 12.1. The second-order valence-corrected chi connectivity index (χ2v) is 26.5. The molecule has 0 aliphatic heterocycles. The molecule has 0 saturated heterocycles. The van der Waals surface area contributed by atoms with Gasteiger partial charge in [-0.25, -0.2) is 0 Å². The molecule has 0 aromatic heterocycles. The van der Waals surface area contributed by atoms with Crippen molar-refractivity contribution >= 4 is 16.6 Å². The molecule has 0 aromatic carbocycles. The molecule has 4 aliphatic rings. The van der Waals surface area contributed by atoms with Gasteiger partial charge in [0.15, 0.2) is 16.6 Å². The Morgan fingerprint density at radius 1 is 0.868 bits per heavy atom. The van der Waals surface area contributed by atoms with Crippen LogP contribution in [0, 0.1) is 28.6 Å². The topological polar surface area (TPSA) is 38.7 Å². The molecule has 0 unspecified atom stereocenters. The van der Waals surface area contributed by atoms with E-state index in [2.05, 4.69) is 93.7 Å². The Labute approximate surface area is 237 Å². The van der Waals surface area contributed by atoms with Crippen LogP contribution in [0.4, 0.5) is 0 Å². The first-order chi connectivity index (χ1) is 17.1. The molecule has 0 heterocycles. The molecule has 38 heavy (non-hydrogen) atoms. The van der Waals surface area contributed by atoms with Crippen LogP contribution in [0.3, 0.4) is 0 Å². The molecule has 3 fully saturated rings. The fourth-order valence-corrected chi connectivity index (χ4v) is 11.0. The summed E-state index contributed by atoms with van der Waals surface area (Å²) in [6, 6.07) is 0. The summed E-state index contributed by atoms with van der Waals surface area (Å²) in [5.41, 5.74) is 3.48. The fraction of sp³-hybridized carbons (Fsp3) is 0.879. The second-order valence-electron chi connectivity index (χ2n) is 17.0. The van der Waals surface area contributed by atoms with Gasteiger partial charge in [0, 0.05) is 5.41 Å². The summed E-state index contributed by atoms with van der Waals surface area (Å²) in [7, 11) is -3.88. The van der Waals surface area contributed by atoms with Crippen LogP contribution in [0.1, 0.15) is 101 Å². The molecule has 4 aliphatic carbocycles. The summed E-state index contributed by atoms with van der Waals surface area (Å²) in [4.78, 5) is 0. The quantitative estimate of drug-likeness (QED) is 0.341. The Balaban J connectivity index is 1.74. The van der Waals surface area contributed by atoms with Crippen molar-refractivity contribution in [3.05, 3.63) is 23.3 Å². The molecule has 4 rings (SSSR count). The van der Waals surface area contributed by atoms with E-state index >= 15 is 0 Å². The first-order valence-corrected chi connectivity index (χ1v) is 21.4.